The third kappa shape index (κ3) is 3.16. The zero-order valence-corrected chi connectivity index (χ0v) is 11.6. The van der Waals surface area contributed by atoms with Crippen molar-refractivity contribution in [2.75, 3.05) is 5.32 Å². The van der Waals surface area contributed by atoms with Crippen molar-refractivity contribution in [3.63, 3.8) is 0 Å². The van der Waals surface area contributed by atoms with Crippen LogP contribution in [0.15, 0.2) is 47.6 Å². The minimum atomic E-state index is -4.52. The Bertz CT molecular complexity index is 679. The minimum absolute atomic E-state index is 0.377. The van der Waals surface area contributed by atoms with Crippen LogP contribution in [-0.4, -0.2) is 18.7 Å². The number of benzene rings is 1. The monoisotopic (exact) mass is 300 g/mol. The molecule has 0 unspecified atom stereocenters. The number of nitrogens with zero attached hydrogens (tertiary/aromatic N) is 1. The van der Waals surface area contributed by atoms with Gasteiger partial charge in [0.15, 0.2) is 0 Å². The zero-order chi connectivity index (χ0) is 14.8. The quantitative estimate of drug-likeness (QED) is 0.923. The number of hydrogen-bond acceptors (Lipinski definition) is 3. The molecule has 20 heavy (non-hydrogen) atoms. The number of hydrogen-bond donors (Lipinski definition) is 1. The summed E-state index contributed by atoms with van der Waals surface area (Å²) in [5.74, 6) is -3.40. The highest BCUT2D eigenvalue weighted by atomic mass is 32.2. The van der Waals surface area contributed by atoms with E-state index < -0.39 is 15.6 Å². The van der Waals surface area contributed by atoms with E-state index >= 15 is 0 Å². The number of sulfone groups is 1. The molecule has 2 aromatic rings. The Morgan fingerprint density at radius 3 is 2.35 bits per heavy atom. The minimum Gasteiger partial charge on any atom is -0.381 e. The lowest BCUT2D eigenvalue weighted by Gasteiger charge is -2.07. The molecule has 0 radical (unpaired) electrons. The molecular formula is C13H14F2N2O2S. The molecule has 1 aromatic carbocycles. The summed E-state index contributed by atoms with van der Waals surface area (Å²) < 4.78 is 49.1. The van der Waals surface area contributed by atoms with Gasteiger partial charge in [0, 0.05) is 31.7 Å². The number of aryl methyl sites for hydroxylation is 1. The van der Waals surface area contributed by atoms with Gasteiger partial charge in [-0.1, -0.05) is 0 Å². The molecule has 0 aliphatic heterocycles. The Hall–Kier alpha value is -1.89. The molecule has 4 nitrogen and oxygen atoms in total. The van der Waals surface area contributed by atoms with Crippen molar-refractivity contribution in [1.29, 1.82) is 0 Å². The summed E-state index contributed by atoms with van der Waals surface area (Å²) in [5.41, 5.74) is 1.74. The molecule has 0 aliphatic carbocycles. The van der Waals surface area contributed by atoms with Gasteiger partial charge in [0.1, 0.15) is 0 Å². The molecule has 0 saturated heterocycles. The van der Waals surface area contributed by atoms with Gasteiger partial charge >= 0.3 is 5.76 Å². The average Bonchev–Trinajstić information content (AvgIpc) is 2.82. The Morgan fingerprint density at radius 1 is 1.20 bits per heavy atom. The number of rotatable bonds is 5. The number of anilines is 1. The number of alkyl halides is 2. The summed E-state index contributed by atoms with van der Waals surface area (Å²) in [6.45, 7) is 0.571. The lowest BCUT2D eigenvalue weighted by molar-refractivity contribution is 0.234. The van der Waals surface area contributed by atoms with Gasteiger partial charge in [-0.2, -0.15) is 8.78 Å². The maximum absolute atomic E-state index is 12.4. The van der Waals surface area contributed by atoms with Gasteiger partial charge in [0.05, 0.1) is 4.90 Å². The molecule has 0 bridgehead atoms. The van der Waals surface area contributed by atoms with Crippen LogP contribution in [0.3, 0.4) is 0 Å². The first-order valence-corrected chi connectivity index (χ1v) is 7.41. The van der Waals surface area contributed by atoms with Crippen LogP contribution >= 0.6 is 0 Å². The molecule has 0 amide bonds. The van der Waals surface area contributed by atoms with E-state index in [0.717, 1.165) is 5.56 Å². The lowest BCUT2D eigenvalue weighted by Crippen LogP contribution is -2.11. The Morgan fingerprint density at radius 2 is 1.85 bits per heavy atom. The number of halogens is 2. The molecule has 108 valence electrons. The third-order valence-electron chi connectivity index (χ3n) is 2.81. The predicted octanol–water partition coefficient (Wildman–Crippen LogP) is 2.63. The van der Waals surface area contributed by atoms with Crippen LogP contribution in [-0.2, 0) is 23.4 Å². The summed E-state index contributed by atoms with van der Waals surface area (Å²) >= 11 is 0. The van der Waals surface area contributed by atoms with E-state index in [2.05, 4.69) is 5.32 Å². The second kappa shape index (κ2) is 5.62. The van der Waals surface area contributed by atoms with Crippen molar-refractivity contribution in [3.8, 4) is 0 Å². The number of nitrogens with one attached hydrogen (secondary N) is 1. The topological polar surface area (TPSA) is 51.1 Å². The van der Waals surface area contributed by atoms with E-state index in [4.69, 9.17) is 0 Å². The zero-order valence-electron chi connectivity index (χ0n) is 10.8. The van der Waals surface area contributed by atoms with Gasteiger partial charge in [-0.3, -0.25) is 0 Å². The highest BCUT2D eigenvalue weighted by Gasteiger charge is 2.26. The largest absolute Gasteiger partial charge is 0.381 e. The van der Waals surface area contributed by atoms with E-state index in [1.54, 1.807) is 0 Å². The first-order valence-electron chi connectivity index (χ1n) is 5.86. The molecule has 2 rings (SSSR count). The molecule has 1 N–H and O–H groups in total. The highest BCUT2D eigenvalue weighted by molar-refractivity contribution is 7.91. The normalized spacial score (nSPS) is 11.8. The Labute approximate surface area is 116 Å². The maximum atomic E-state index is 12.4. The van der Waals surface area contributed by atoms with Crippen molar-refractivity contribution < 1.29 is 17.2 Å². The van der Waals surface area contributed by atoms with Gasteiger partial charge < -0.3 is 9.88 Å². The molecule has 0 atom stereocenters. The molecule has 7 heteroatoms. The molecule has 1 aromatic heterocycles. The van der Waals surface area contributed by atoms with Crippen molar-refractivity contribution in [3.05, 3.63) is 48.3 Å². The van der Waals surface area contributed by atoms with Crippen LogP contribution in [0.25, 0.3) is 0 Å². The fraction of sp³-hybridized carbons (Fsp3) is 0.231. The van der Waals surface area contributed by atoms with Crippen molar-refractivity contribution in [1.82, 2.24) is 4.57 Å². The SMILES string of the molecule is Cn1ccc(CNc2ccc(S(=O)(=O)C(F)F)cc2)c1. The van der Waals surface area contributed by atoms with Crippen LogP contribution in [0.4, 0.5) is 14.5 Å². The van der Waals surface area contributed by atoms with E-state index in [1.165, 1.54) is 24.3 Å². The molecule has 0 spiro atoms. The second-order valence-corrected chi connectivity index (χ2v) is 6.29. The first-order chi connectivity index (χ1) is 9.39. The van der Waals surface area contributed by atoms with Gasteiger partial charge in [-0.25, -0.2) is 8.42 Å². The molecule has 0 saturated carbocycles. The molecule has 1 heterocycles. The first kappa shape index (κ1) is 14.5. The molecular weight excluding hydrogens is 286 g/mol. The van der Waals surface area contributed by atoms with Gasteiger partial charge in [0.2, 0.25) is 9.84 Å². The van der Waals surface area contributed by atoms with Crippen LogP contribution in [0.2, 0.25) is 0 Å². The lowest BCUT2D eigenvalue weighted by atomic mass is 10.3. The predicted molar refractivity (Wildman–Crippen MR) is 72.4 cm³/mol. The van der Waals surface area contributed by atoms with Gasteiger partial charge in [-0.15, -0.1) is 0 Å². The van der Waals surface area contributed by atoms with Crippen molar-refractivity contribution in [2.45, 2.75) is 17.2 Å². The molecule has 0 fully saturated rings. The summed E-state index contributed by atoms with van der Waals surface area (Å²) in [6.07, 6.45) is 3.86. The molecule has 0 aliphatic rings. The second-order valence-electron chi connectivity index (χ2n) is 4.37. The van der Waals surface area contributed by atoms with E-state index in [1.807, 2.05) is 30.1 Å². The standard InChI is InChI=1S/C13H14F2N2O2S/c1-17-7-6-10(9-17)8-16-11-2-4-12(5-3-11)20(18,19)13(14)15/h2-7,9,13,16H,8H2,1H3. The Balaban J connectivity index is 2.05. The maximum Gasteiger partial charge on any atom is 0.341 e. The van der Waals surface area contributed by atoms with Gasteiger partial charge in [-0.05, 0) is 35.9 Å². The fourth-order valence-corrected chi connectivity index (χ4v) is 2.46. The smallest absolute Gasteiger partial charge is 0.341 e. The fourth-order valence-electron chi connectivity index (χ4n) is 1.73. The van der Waals surface area contributed by atoms with Gasteiger partial charge in [0.25, 0.3) is 0 Å². The van der Waals surface area contributed by atoms with Crippen LogP contribution < -0.4 is 5.32 Å². The van der Waals surface area contributed by atoms with Crippen molar-refractivity contribution >= 4 is 15.5 Å². The summed E-state index contributed by atoms with van der Waals surface area (Å²) in [6, 6.07) is 7.24. The van der Waals surface area contributed by atoms with Crippen LogP contribution in [0.5, 0.6) is 0 Å². The van der Waals surface area contributed by atoms with E-state index in [0.29, 0.717) is 12.2 Å². The third-order valence-corrected chi connectivity index (χ3v) is 4.21. The number of aromatic nitrogens is 1. The summed E-state index contributed by atoms with van der Waals surface area (Å²) in [7, 11) is -2.61. The summed E-state index contributed by atoms with van der Waals surface area (Å²) in [4.78, 5) is -0.377. The van der Waals surface area contributed by atoms with Crippen molar-refractivity contribution in [2.24, 2.45) is 7.05 Å². The van der Waals surface area contributed by atoms with E-state index in [9.17, 15) is 17.2 Å². The average molecular weight is 300 g/mol. The summed E-state index contributed by atoms with van der Waals surface area (Å²) in [5, 5.41) is 3.09. The highest BCUT2D eigenvalue weighted by Crippen LogP contribution is 2.20. The van der Waals surface area contributed by atoms with Crippen LogP contribution in [0, 0.1) is 0 Å². The van der Waals surface area contributed by atoms with E-state index in [-0.39, 0.29) is 4.90 Å². The van der Waals surface area contributed by atoms with Crippen LogP contribution in [0.1, 0.15) is 5.56 Å². The Kier molecular flexibility index (Phi) is 4.08.